The van der Waals surface area contributed by atoms with E-state index in [0.717, 1.165) is 6.42 Å². The second-order valence-corrected chi connectivity index (χ2v) is 4.25. The third-order valence-electron chi connectivity index (χ3n) is 2.98. The number of rotatable bonds is 5. The number of hydrogen-bond donors (Lipinski definition) is 2. The molecule has 2 unspecified atom stereocenters. The predicted molar refractivity (Wildman–Crippen MR) is 69.0 cm³/mol. The summed E-state index contributed by atoms with van der Waals surface area (Å²) in [4.78, 5) is 11.8. The number of ether oxygens (including phenoxy) is 1. The number of benzene rings is 1. The Bertz CT molecular complexity index is 423. The van der Waals surface area contributed by atoms with Crippen LogP contribution in [0.3, 0.4) is 0 Å². The van der Waals surface area contributed by atoms with E-state index in [9.17, 15) is 9.18 Å². The molecule has 1 aromatic rings. The van der Waals surface area contributed by atoms with Gasteiger partial charge in [-0.1, -0.05) is 20.3 Å². The summed E-state index contributed by atoms with van der Waals surface area (Å²) in [5.74, 6) is -0.617. The van der Waals surface area contributed by atoms with E-state index < -0.39 is 11.9 Å². The molecule has 0 bridgehead atoms. The van der Waals surface area contributed by atoms with E-state index in [1.54, 1.807) is 6.07 Å². The molecule has 1 rings (SSSR count). The molecule has 1 amide bonds. The van der Waals surface area contributed by atoms with Gasteiger partial charge in [0.05, 0.1) is 13.2 Å². The van der Waals surface area contributed by atoms with E-state index in [4.69, 9.17) is 10.5 Å². The summed E-state index contributed by atoms with van der Waals surface area (Å²) in [6.45, 7) is 3.86. The van der Waals surface area contributed by atoms with E-state index in [2.05, 4.69) is 5.32 Å². The van der Waals surface area contributed by atoms with Crippen molar-refractivity contribution >= 4 is 11.6 Å². The standard InChI is InChI=1S/C13H19FN2O2/c1-4-8(2)12(15)13(17)16-9-5-6-11(18-3)10(14)7-9/h5-8,12H,4,15H2,1-3H3,(H,16,17). The van der Waals surface area contributed by atoms with Gasteiger partial charge in [-0.2, -0.15) is 0 Å². The fourth-order valence-electron chi connectivity index (χ4n) is 1.48. The fraction of sp³-hybridized carbons (Fsp3) is 0.462. The summed E-state index contributed by atoms with van der Waals surface area (Å²) in [5.41, 5.74) is 6.16. The molecule has 100 valence electrons. The number of halogens is 1. The van der Waals surface area contributed by atoms with Crippen molar-refractivity contribution in [2.24, 2.45) is 11.7 Å². The number of carbonyl (C=O) groups excluding carboxylic acids is 1. The lowest BCUT2D eigenvalue weighted by atomic mass is 9.99. The largest absolute Gasteiger partial charge is 0.494 e. The minimum atomic E-state index is -0.597. The lowest BCUT2D eigenvalue weighted by molar-refractivity contribution is -0.118. The average molecular weight is 254 g/mol. The molecule has 0 saturated heterocycles. The molecule has 1 aromatic carbocycles. The third-order valence-corrected chi connectivity index (χ3v) is 2.98. The van der Waals surface area contributed by atoms with Crippen LogP contribution < -0.4 is 15.8 Å². The van der Waals surface area contributed by atoms with Crippen molar-refractivity contribution in [1.82, 2.24) is 0 Å². The highest BCUT2D eigenvalue weighted by Gasteiger charge is 2.19. The molecule has 0 aliphatic heterocycles. The third kappa shape index (κ3) is 3.43. The van der Waals surface area contributed by atoms with Gasteiger partial charge in [-0.05, 0) is 18.1 Å². The van der Waals surface area contributed by atoms with Crippen molar-refractivity contribution in [1.29, 1.82) is 0 Å². The van der Waals surface area contributed by atoms with E-state index in [0.29, 0.717) is 5.69 Å². The summed E-state index contributed by atoms with van der Waals surface area (Å²) >= 11 is 0. The number of nitrogens with two attached hydrogens (primary N) is 1. The summed E-state index contributed by atoms with van der Waals surface area (Å²) in [7, 11) is 1.38. The van der Waals surface area contributed by atoms with Crippen molar-refractivity contribution < 1.29 is 13.9 Å². The van der Waals surface area contributed by atoms with Crippen molar-refractivity contribution in [2.75, 3.05) is 12.4 Å². The Labute approximate surface area is 106 Å². The average Bonchev–Trinajstić information content (AvgIpc) is 2.37. The first-order chi connectivity index (χ1) is 8.49. The van der Waals surface area contributed by atoms with Crippen LogP contribution in [0.1, 0.15) is 20.3 Å². The second kappa shape index (κ2) is 6.35. The Balaban J connectivity index is 2.73. The number of carbonyl (C=O) groups is 1. The molecule has 0 aromatic heterocycles. The van der Waals surface area contributed by atoms with Gasteiger partial charge in [0.15, 0.2) is 11.6 Å². The van der Waals surface area contributed by atoms with E-state index >= 15 is 0 Å². The predicted octanol–water partition coefficient (Wildman–Crippen LogP) is 2.15. The molecule has 3 N–H and O–H groups in total. The maximum Gasteiger partial charge on any atom is 0.241 e. The number of anilines is 1. The molecule has 18 heavy (non-hydrogen) atoms. The van der Waals surface area contributed by atoms with Gasteiger partial charge < -0.3 is 15.8 Å². The lowest BCUT2D eigenvalue weighted by Gasteiger charge is -2.17. The van der Waals surface area contributed by atoms with E-state index in [1.807, 2.05) is 13.8 Å². The summed E-state index contributed by atoms with van der Waals surface area (Å²) in [6, 6.07) is 3.64. The Morgan fingerprint density at radius 1 is 1.56 bits per heavy atom. The topological polar surface area (TPSA) is 64.4 Å². The van der Waals surface area contributed by atoms with Crippen LogP contribution in [0.5, 0.6) is 5.75 Å². The van der Waals surface area contributed by atoms with Gasteiger partial charge in [-0.15, -0.1) is 0 Å². The molecule has 0 fully saturated rings. The number of methoxy groups -OCH3 is 1. The van der Waals surface area contributed by atoms with E-state index in [1.165, 1.54) is 19.2 Å². The summed E-state index contributed by atoms with van der Waals surface area (Å²) < 4.78 is 18.2. The number of nitrogens with one attached hydrogen (secondary N) is 1. The van der Waals surface area contributed by atoms with Crippen molar-refractivity contribution in [3.63, 3.8) is 0 Å². The molecule has 0 heterocycles. The number of amides is 1. The van der Waals surface area contributed by atoms with Gasteiger partial charge in [0.2, 0.25) is 5.91 Å². The molecule has 0 aliphatic rings. The van der Waals surface area contributed by atoms with Crippen LogP contribution in [0, 0.1) is 11.7 Å². The fourth-order valence-corrected chi connectivity index (χ4v) is 1.48. The van der Waals surface area contributed by atoms with Gasteiger partial charge in [0, 0.05) is 11.8 Å². The lowest BCUT2D eigenvalue weighted by Crippen LogP contribution is -2.40. The van der Waals surface area contributed by atoms with Crippen LogP contribution in [0.25, 0.3) is 0 Å². The summed E-state index contributed by atoms with van der Waals surface area (Å²) in [5, 5.41) is 2.59. The molecular formula is C13H19FN2O2. The molecular weight excluding hydrogens is 235 g/mol. The van der Waals surface area contributed by atoms with Crippen LogP contribution in [-0.2, 0) is 4.79 Å². The van der Waals surface area contributed by atoms with E-state index in [-0.39, 0.29) is 17.6 Å². The van der Waals surface area contributed by atoms with Crippen LogP contribution in [0.15, 0.2) is 18.2 Å². The molecule has 0 radical (unpaired) electrons. The second-order valence-electron chi connectivity index (χ2n) is 4.25. The zero-order valence-electron chi connectivity index (χ0n) is 10.9. The van der Waals surface area contributed by atoms with Gasteiger partial charge >= 0.3 is 0 Å². The first-order valence-corrected chi connectivity index (χ1v) is 5.89. The normalized spacial score (nSPS) is 13.8. The first-order valence-electron chi connectivity index (χ1n) is 5.89. The van der Waals surface area contributed by atoms with Gasteiger partial charge in [-0.3, -0.25) is 4.79 Å². The maximum atomic E-state index is 13.4. The van der Waals surface area contributed by atoms with Crippen LogP contribution in [-0.4, -0.2) is 19.1 Å². The van der Waals surface area contributed by atoms with Gasteiger partial charge in [0.1, 0.15) is 0 Å². The molecule has 4 nitrogen and oxygen atoms in total. The Morgan fingerprint density at radius 3 is 2.72 bits per heavy atom. The molecule has 5 heteroatoms. The maximum absolute atomic E-state index is 13.4. The van der Waals surface area contributed by atoms with Crippen molar-refractivity contribution in [3.05, 3.63) is 24.0 Å². The quantitative estimate of drug-likeness (QED) is 0.846. The van der Waals surface area contributed by atoms with Gasteiger partial charge in [-0.25, -0.2) is 4.39 Å². The van der Waals surface area contributed by atoms with Gasteiger partial charge in [0.25, 0.3) is 0 Å². The van der Waals surface area contributed by atoms with Crippen LogP contribution in [0.2, 0.25) is 0 Å². The Hall–Kier alpha value is -1.62. The molecule has 0 saturated carbocycles. The van der Waals surface area contributed by atoms with Crippen molar-refractivity contribution in [2.45, 2.75) is 26.3 Å². The zero-order valence-corrected chi connectivity index (χ0v) is 10.9. The highest BCUT2D eigenvalue weighted by atomic mass is 19.1. The first kappa shape index (κ1) is 14.4. The van der Waals surface area contributed by atoms with Crippen molar-refractivity contribution in [3.8, 4) is 5.75 Å². The highest BCUT2D eigenvalue weighted by Crippen LogP contribution is 2.21. The number of hydrogen-bond acceptors (Lipinski definition) is 3. The zero-order chi connectivity index (χ0) is 13.7. The highest BCUT2D eigenvalue weighted by molar-refractivity contribution is 5.94. The minimum absolute atomic E-state index is 0.0769. The summed E-state index contributed by atoms with van der Waals surface area (Å²) in [6.07, 6.45) is 0.811. The smallest absolute Gasteiger partial charge is 0.241 e. The van der Waals surface area contributed by atoms with Crippen LogP contribution in [0.4, 0.5) is 10.1 Å². The molecule has 0 spiro atoms. The Kier molecular flexibility index (Phi) is 5.09. The molecule has 2 atom stereocenters. The monoisotopic (exact) mass is 254 g/mol. The minimum Gasteiger partial charge on any atom is -0.494 e. The SMILES string of the molecule is CCC(C)C(N)C(=O)Nc1ccc(OC)c(F)c1. The Morgan fingerprint density at radius 2 is 2.22 bits per heavy atom. The molecule has 0 aliphatic carbocycles. The van der Waals surface area contributed by atoms with Crippen LogP contribution >= 0.6 is 0 Å².